The van der Waals surface area contributed by atoms with Crippen LogP contribution in [0.25, 0.3) is 0 Å². The second-order valence-corrected chi connectivity index (χ2v) is 7.79. The van der Waals surface area contributed by atoms with E-state index in [0.29, 0.717) is 22.4 Å². The van der Waals surface area contributed by atoms with E-state index >= 15 is 0 Å². The number of nitrogens with one attached hydrogen (secondary N) is 1. The number of thioether (sulfide) groups is 1. The van der Waals surface area contributed by atoms with Crippen LogP contribution in [0.5, 0.6) is 0 Å². The van der Waals surface area contributed by atoms with Gasteiger partial charge in [0.05, 0.1) is 17.5 Å². The number of hydrogen-bond acceptors (Lipinski definition) is 4. The topological polar surface area (TPSA) is 61.8 Å². The highest BCUT2D eigenvalue weighted by molar-refractivity contribution is 8.15. The summed E-state index contributed by atoms with van der Waals surface area (Å²) in [5.41, 5.74) is 1.40. The normalized spacial score (nSPS) is 18.4. The molecule has 0 saturated carbocycles. The average Bonchev–Trinajstić information content (AvgIpc) is 2.67. The van der Waals surface area contributed by atoms with Crippen LogP contribution in [0.2, 0.25) is 5.02 Å². The van der Waals surface area contributed by atoms with Gasteiger partial charge in [0, 0.05) is 18.0 Å². The van der Waals surface area contributed by atoms with Gasteiger partial charge >= 0.3 is 0 Å². The molecular weight excluding hydrogens is 401 g/mol. The van der Waals surface area contributed by atoms with Crippen molar-refractivity contribution in [1.29, 1.82) is 0 Å². The summed E-state index contributed by atoms with van der Waals surface area (Å²) in [5.74, 6) is -0.729. The molecule has 2 aromatic rings. The maximum atomic E-state index is 13.2. The lowest BCUT2D eigenvalue weighted by molar-refractivity contribution is -0.130. The molecule has 1 aliphatic heterocycles. The van der Waals surface area contributed by atoms with Crippen molar-refractivity contribution >= 4 is 46.0 Å². The van der Waals surface area contributed by atoms with Crippen LogP contribution in [0, 0.1) is 5.82 Å². The van der Waals surface area contributed by atoms with Crippen LogP contribution in [0.15, 0.2) is 53.5 Å². The zero-order chi connectivity index (χ0) is 20.1. The molecule has 2 aromatic carbocycles. The van der Waals surface area contributed by atoms with Crippen LogP contribution >= 0.6 is 23.4 Å². The number of aliphatic imine (C=N–C) groups is 1. The lowest BCUT2D eigenvalue weighted by Gasteiger charge is -2.31. The van der Waals surface area contributed by atoms with Crippen molar-refractivity contribution in [3.63, 3.8) is 0 Å². The summed E-state index contributed by atoms with van der Waals surface area (Å²) in [6.45, 7) is 2.57. The molecule has 3 rings (SSSR count). The van der Waals surface area contributed by atoms with Crippen LogP contribution in [-0.4, -0.2) is 33.7 Å². The quantitative estimate of drug-likeness (QED) is 0.792. The largest absolute Gasteiger partial charge is 0.355 e. The van der Waals surface area contributed by atoms with Crippen LogP contribution in [0.1, 0.15) is 18.9 Å². The Morgan fingerprint density at radius 2 is 1.93 bits per heavy atom. The average molecular weight is 420 g/mol. The highest BCUT2D eigenvalue weighted by Crippen LogP contribution is 2.30. The summed E-state index contributed by atoms with van der Waals surface area (Å²) >= 11 is 7.17. The summed E-state index contributed by atoms with van der Waals surface area (Å²) < 4.78 is 13.2. The molecule has 0 radical (unpaired) electrons. The summed E-state index contributed by atoms with van der Waals surface area (Å²) in [6, 6.07) is 12.9. The molecule has 2 amide bonds. The van der Waals surface area contributed by atoms with Crippen molar-refractivity contribution in [2.45, 2.75) is 25.1 Å². The van der Waals surface area contributed by atoms with E-state index in [1.165, 1.54) is 28.8 Å². The van der Waals surface area contributed by atoms with Gasteiger partial charge in [-0.2, -0.15) is 0 Å². The molecule has 0 aromatic heterocycles. The predicted octanol–water partition coefficient (Wildman–Crippen LogP) is 4.14. The summed E-state index contributed by atoms with van der Waals surface area (Å²) in [7, 11) is 0. The first-order valence-corrected chi connectivity index (χ1v) is 10.1. The number of carbonyl (C=O) groups is 2. The van der Waals surface area contributed by atoms with Crippen LogP contribution < -0.4 is 5.32 Å². The van der Waals surface area contributed by atoms with Crippen molar-refractivity contribution in [2.24, 2.45) is 4.99 Å². The smallest absolute Gasteiger partial charge is 0.234 e. The number of benzene rings is 2. The fourth-order valence-corrected chi connectivity index (χ4v) is 3.93. The number of halogens is 2. The number of hydrogen-bond donors (Lipinski definition) is 1. The first-order valence-electron chi connectivity index (χ1n) is 8.79. The monoisotopic (exact) mass is 419 g/mol. The second-order valence-electron chi connectivity index (χ2n) is 6.18. The summed E-state index contributed by atoms with van der Waals surface area (Å²) in [4.78, 5) is 31.2. The maximum absolute atomic E-state index is 13.2. The molecule has 1 aliphatic rings. The zero-order valence-electron chi connectivity index (χ0n) is 15.2. The van der Waals surface area contributed by atoms with E-state index in [9.17, 15) is 14.0 Å². The van der Waals surface area contributed by atoms with Crippen LogP contribution in [0.3, 0.4) is 0 Å². The molecule has 8 heteroatoms. The van der Waals surface area contributed by atoms with Gasteiger partial charge in [-0.3, -0.25) is 14.5 Å². The molecule has 5 nitrogen and oxygen atoms in total. The minimum absolute atomic E-state index is 0.0807. The molecule has 1 heterocycles. The molecule has 146 valence electrons. The summed E-state index contributed by atoms with van der Waals surface area (Å²) in [6.07, 6.45) is 0.0807. The molecule has 28 heavy (non-hydrogen) atoms. The highest BCUT2D eigenvalue weighted by Gasteiger charge is 2.35. The SMILES string of the molecule is CCNC(=O)C1CC(=O)N(Cc2ccc(F)cc2)C(=Nc2ccc(Cl)cc2)S1. The Labute approximate surface area is 172 Å². The molecule has 0 bridgehead atoms. The Kier molecular flexibility index (Phi) is 6.70. The number of amides is 2. The van der Waals surface area contributed by atoms with Crippen molar-refractivity contribution in [3.05, 3.63) is 64.9 Å². The predicted molar refractivity (Wildman–Crippen MR) is 110 cm³/mol. The van der Waals surface area contributed by atoms with Gasteiger partial charge in [-0.05, 0) is 48.9 Å². The van der Waals surface area contributed by atoms with E-state index in [0.717, 1.165) is 5.56 Å². The molecule has 0 aliphatic carbocycles. The minimum Gasteiger partial charge on any atom is -0.355 e. The van der Waals surface area contributed by atoms with Crippen molar-refractivity contribution < 1.29 is 14.0 Å². The summed E-state index contributed by atoms with van der Waals surface area (Å²) in [5, 5.41) is 3.23. The molecule has 1 saturated heterocycles. The Bertz CT molecular complexity index is 887. The number of amidine groups is 1. The van der Waals surface area contributed by atoms with E-state index in [1.807, 2.05) is 6.92 Å². The lowest BCUT2D eigenvalue weighted by Crippen LogP contribution is -2.46. The number of carbonyl (C=O) groups excluding carboxylic acids is 2. The van der Waals surface area contributed by atoms with Gasteiger partial charge < -0.3 is 5.32 Å². The van der Waals surface area contributed by atoms with Gasteiger partial charge in [0.2, 0.25) is 11.8 Å². The Morgan fingerprint density at radius 3 is 2.57 bits per heavy atom. The van der Waals surface area contributed by atoms with E-state index in [1.54, 1.807) is 36.4 Å². The van der Waals surface area contributed by atoms with Gasteiger partial charge in [-0.1, -0.05) is 35.5 Å². The van der Waals surface area contributed by atoms with Crippen LogP contribution in [0.4, 0.5) is 10.1 Å². The zero-order valence-corrected chi connectivity index (χ0v) is 16.8. The third-order valence-electron chi connectivity index (χ3n) is 4.09. The third-order valence-corrected chi connectivity index (χ3v) is 5.53. The Balaban J connectivity index is 1.90. The van der Waals surface area contributed by atoms with Gasteiger partial charge in [0.15, 0.2) is 5.17 Å². The second kappa shape index (κ2) is 9.21. The number of rotatable bonds is 5. The van der Waals surface area contributed by atoms with Crippen molar-refractivity contribution in [1.82, 2.24) is 10.2 Å². The Morgan fingerprint density at radius 1 is 1.25 bits per heavy atom. The standard InChI is InChI=1S/C20H19ClFN3O2S/c1-2-23-19(27)17-11-18(26)25(12-13-3-7-15(22)8-4-13)20(28-17)24-16-9-5-14(21)6-10-16/h3-10,17H,2,11-12H2,1H3,(H,23,27). The Hall–Kier alpha value is -2.38. The first-order chi connectivity index (χ1) is 13.5. The van der Waals surface area contributed by atoms with Gasteiger partial charge in [0.25, 0.3) is 0 Å². The lowest BCUT2D eigenvalue weighted by atomic mass is 10.2. The molecule has 1 unspecified atom stereocenters. The maximum Gasteiger partial charge on any atom is 0.234 e. The van der Waals surface area contributed by atoms with E-state index in [4.69, 9.17) is 11.6 Å². The van der Waals surface area contributed by atoms with E-state index in [-0.39, 0.29) is 30.6 Å². The van der Waals surface area contributed by atoms with Gasteiger partial charge in [-0.25, -0.2) is 9.38 Å². The molecular formula is C20H19ClFN3O2S. The third kappa shape index (κ3) is 5.11. The van der Waals surface area contributed by atoms with Crippen molar-refractivity contribution in [3.8, 4) is 0 Å². The molecule has 1 atom stereocenters. The van der Waals surface area contributed by atoms with E-state index in [2.05, 4.69) is 10.3 Å². The van der Waals surface area contributed by atoms with Crippen molar-refractivity contribution in [2.75, 3.05) is 6.54 Å². The van der Waals surface area contributed by atoms with E-state index < -0.39 is 5.25 Å². The fraction of sp³-hybridized carbons (Fsp3) is 0.250. The fourth-order valence-electron chi connectivity index (χ4n) is 2.68. The minimum atomic E-state index is -0.539. The molecule has 1 fully saturated rings. The molecule has 1 N–H and O–H groups in total. The van der Waals surface area contributed by atoms with Crippen LogP contribution in [-0.2, 0) is 16.1 Å². The highest BCUT2D eigenvalue weighted by atomic mass is 35.5. The molecule has 0 spiro atoms. The van der Waals surface area contributed by atoms with Gasteiger partial charge in [-0.15, -0.1) is 0 Å². The van der Waals surface area contributed by atoms with Gasteiger partial charge in [0.1, 0.15) is 5.82 Å². The number of nitrogens with zero attached hydrogens (tertiary/aromatic N) is 2. The first kappa shape index (κ1) is 20.4.